The maximum atomic E-state index is 12.7. The lowest BCUT2D eigenvalue weighted by atomic mass is 10.1. The highest BCUT2D eigenvalue weighted by Crippen LogP contribution is 2.17. The number of amides is 3. The van der Waals surface area contributed by atoms with E-state index < -0.39 is 0 Å². The third-order valence-electron chi connectivity index (χ3n) is 5.75. The summed E-state index contributed by atoms with van der Waals surface area (Å²) in [6.45, 7) is 0.522. The highest BCUT2D eigenvalue weighted by Gasteiger charge is 2.15. The lowest BCUT2D eigenvalue weighted by Crippen LogP contribution is -3.00. The molecule has 1 heterocycles. The van der Waals surface area contributed by atoms with Gasteiger partial charge in [0.2, 0.25) is 6.54 Å². The van der Waals surface area contributed by atoms with Crippen LogP contribution in [0.15, 0.2) is 103 Å². The molecule has 4 aromatic rings. The van der Waals surface area contributed by atoms with Gasteiger partial charge < -0.3 is 33.1 Å². The standard InChI is InChI=1S/C30H28N4O4.ClH/c1-38-27-14-12-25(13-15-27)33-30(37)23-9-5-11-26(19-23)32-28(35)21-34-18-6-10-24(20-34)29(36)31-17-16-22-7-3-2-4-8-22;/h2-15,18-20H,16-17,21H2,1H3,(H2-,31,32,33,35,36,37);1H. The number of nitrogens with zero attached hydrogens (tertiary/aromatic N) is 1. The predicted octanol–water partition coefficient (Wildman–Crippen LogP) is 0.850. The van der Waals surface area contributed by atoms with Crippen LogP contribution in [-0.4, -0.2) is 31.4 Å². The van der Waals surface area contributed by atoms with E-state index in [2.05, 4.69) is 16.0 Å². The molecule has 4 rings (SSSR count). The molecule has 0 aliphatic rings. The topological polar surface area (TPSA) is 100 Å². The quantitative estimate of drug-likeness (QED) is 0.258. The first-order chi connectivity index (χ1) is 18.5. The van der Waals surface area contributed by atoms with Gasteiger partial charge in [0, 0.05) is 29.5 Å². The molecular formula is C30H29ClN4O4. The van der Waals surface area contributed by atoms with Gasteiger partial charge in [-0.3, -0.25) is 14.4 Å². The van der Waals surface area contributed by atoms with Gasteiger partial charge in [-0.1, -0.05) is 36.4 Å². The zero-order valence-corrected chi connectivity index (χ0v) is 22.2. The van der Waals surface area contributed by atoms with Gasteiger partial charge in [-0.2, -0.15) is 4.57 Å². The molecule has 39 heavy (non-hydrogen) atoms. The van der Waals surface area contributed by atoms with Crippen LogP contribution in [0.1, 0.15) is 26.3 Å². The second kappa shape index (κ2) is 14.3. The smallest absolute Gasteiger partial charge is 0.290 e. The number of rotatable bonds is 10. The monoisotopic (exact) mass is 544 g/mol. The molecule has 0 radical (unpaired) electrons. The molecule has 0 fully saturated rings. The Morgan fingerprint density at radius 2 is 1.51 bits per heavy atom. The number of halogens is 1. The molecule has 0 unspecified atom stereocenters. The van der Waals surface area contributed by atoms with Gasteiger partial charge in [0.15, 0.2) is 12.4 Å². The Morgan fingerprint density at radius 3 is 2.26 bits per heavy atom. The van der Waals surface area contributed by atoms with Crippen molar-refractivity contribution in [2.45, 2.75) is 13.0 Å². The number of benzene rings is 3. The van der Waals surface area contributed by atoms with E-state index in [4.69, 9.17) is 4.74 Å². The zero-order chi connectivity index (χ0) is 26.7. The number of methoxy groups -OCH3 is 1. The molecule has 9 heteroatoms. The first-order valence-electron chi connectivity index (χ1n) is 12.2. The van der Waals surface area contributed by atoms with Crippen LogP contribution < -0.4 is 37.7 Å². The van der Waals surface area contributed by atoms with Gasteiger partial charge in [0.1, 0.15) is 11.3 Å². The first kappa shape index (κ1) is 28.9. The summed E-state index contributed by atoms with van der Waals surface area (Å²) in [7, 11) is 1.58. The highest BCUT2D eigenvalue weighted by atomic mass is 35.5. The molecule has 0 saturated carbocycles. The number of carbonyl (C=O) groups excluding carboxylic acids is 3. The van der Waals surface area contributed by atoms with Crippen LogP contribution in [0.4, 0.5) is 11.4 Å². The summed E-state index contributed by atoms with van der Waals surface area (Å²) in [5.41, 5.74) is 3.14. The highest BCUT2D eigenvalue weighted by molar-refractivity contribution is 6.05. The number of pyridine rings is 1. The first-order valence-corrected chi connectivity index (χ1v) is 12.2. The van der Waals surface area contributed by atoms with Crippen molar-refractivity contribution in [1.82, 2.24) is 5.32 Å². The Bertz CT molecular complexity index is 1410. The summed E-state index contributed by atoms with van der Waals surface area (Å²) in [5.74, 6) is -0.0953. The van der Waals surface area contributed by atoms with Crippen LogP contribution in [0.5, 0.6) is 5.75 Å². The van der Waals surface area contributed by atoms with E-state index in [0.29, 0.717) is 34.8 Å². The Hall–Kier alpha value is -4.69. The van der Waals surface area contributed by atoms with Crippen LogP contribution in [0.3, 0.4) is 0 Å². The lowest BCUT2D eigenvalue weighted by Gasteiger charge is -2.09. The van der Waals surface area contributed by atoms with Gasteiger partial charge in [-0.25, -0.2) is 0 Å². The number of ether oxygens (including phenoxy) is 1. The minimum absolute atomic E-state index is 0. The second-order valence-corrected chi connectivity index (χ2v) is 8.57. The number of aromatic nitrogens is 1. The SMILES string of the molecule is COc1ccc(NC(=O)c2cccc(NC(=O)C[n+]3cccc(C(=O)NCCc4ccccc4)c3)c2)cc1.[Cl-]. The van der Waals surface area contributed by atoms with Crippen LogP contribution in [0.25, 0.3) is 0 Å². The van der Waals surface area contributed by atoms with Gasteiger partial charge in [-0.15, -0.1) is 0 Å². The molecule has 0 aliphatic carbocycles. The van der Waals surface area contributed by atoms with Gasteiger partial charge in [0.25, 0.3) is 17.7 Å². The van der Waals surface area contributed by atoms with E-state index in [1.165, 1.54) is 0 Å². The Labute approximate surface area is 233 Å². The molecule has 1 aromatic heterocycles. The molecule has 8 nitrogen and oxygen atoms in total. The molecule has 0 saturated heterocycles. The van der Waals surface area contributed by atoms with Crippen molar-refractivity contribution in [3.05, 3.63) is 120 Å². The minimum Gasteiger partial charge on any atom is -1.00 e. The summed E-state index contributed by atoms with van der Waals surface area (Å²) in [6.07, 6.45) is 4.09. The molecule has 3 aromatic carbocycles. The molecule has 0 aliphatic heterocycles. The van der Waals surface area contributed by atoms with E-state index in [1.54, 1.807) is 84.7 Å². The van der Waals surface area contributed by atoms with E-state index in [1.807, 2.05) is 30.3 Å². The van der Waals surface area contributed by atoms with Gasteiger partial charge in [0.05, 0.1) is 7.11 Å². The normalized spacial score (nSPS) is 10.1. The number of carbonyl (C=O) groups is 3. The van der Waals surface area contributed by atoms with Crippen molar-refractivity contribution in [2.75, 3.05) is 24.3 Å². The molecular weight excluding hydrogens is 516 g/mol. The van der Waals surface area contributed by atoms with Crippen molar-refractivity contribution in [3.63, 3.8) is 0 Å². The lowest BCUT2D eigenvalue weighted by molar-refractivity contribution is -0.684. The molecule has 200 valence electrons. The Kier molecular flexibility index (Phi) is 10.6. The van der Waals surface area contributed by atoms with E-state index >= 15 is 0 Å². The fraction of sp³-hybridized carbons (Fsp3) is 0.133. The molecule has 0 atom stereocenters. The third kappa shape index (κ3) is 8.69. The van der Waals surface area contributed by atoms with Gasteiger partial charge >= 0.3 is 0 Å². The number of anilines is 2. The summed E-state index contributed by atoms with van der Waals surface area (Å²) >= 11 is 0. The summed E-state index contributed by atoms with van der Waals surface area (Å²) < 4.78 is 6.77. The van der Waals surface area contributed by atoms with Crippen molar-refractivity contribution in [3.8, 4) is 5.75 Å². The fourth-order valence-corrected chi connectivity index (χ4v) is 3.80. The van der Waals surface area contributed by atoms with Crippen molar-refractivity contribution in [1.29, 1.82) is 0 Å². The van der Waals surface area contributed by atoms with Crippen molar-refractivity contribution >= 4 is 29.1 Å². The van der Waals surface area contributed by atoms with Crippen LogP contribution in [0.2, 0.25) is 0 Å². The molecule has 0 spiro atoms. The van der Waals surface area contributed by atoms with E-state index in [9.17, 15) is 14.4 Å². The van der Waals surface area contributed by atoms with Gasteiger partial charge in [-0.05, 0) is 60.5 Å². The maximum Gasteiger partial charge on any atom is 0.290 e. The number of nitrogens with one attached hydrogen (secondary N) is 3. The molecule has 3 N–H and O–H groups in total. The summed E-state index contributed by atoms with van der Waals surface area (Å²) in [4.78, 5) is 37.9. The van der Waals surface area contributed by atoms with Crippen molar-refractivity contribution < 1.29 is 36.1 Å². The van der Waals surface area contributed by atoms with Crippen molar-refractivity contribution in [2.24, 2.45) is 0 Å². The second-order valence-electron chi connectivity index (χ2n) is 8.57. The fourth-order valence-electron chi connectivity index (χ4n) is 3.80. The molecule has 0 bridgehead atoms. The molecule has 3 amide bonds. The van der Waals surface area contributed by atoms with Crippen LogP contribution in [-0.2, 0) is 17.8 Å². The average molecular weight is 545 g/mol. The summed E-state index contributed by atoms with van der Waals surface area (Å²) in [6, 6.07) is 27.1. The largest absolute Gasteiger partial charge is 1.00 e. The summed E-state index contributed by atoms with van der Waals surface area (Å²) in [5, 5.41) is 8.54. The van der Waals surface area contributed by atoms with Crippen LogP contribution in [0, 0.1) is 0 Å². The minimum atomic E-state index is -0.299. The van der Waals surface area contributed by atoms with Crippen LogP contribution >= 0.6 is 0 Å². The zero-order valence-electron chi connectivity index (χ0n) is 21.4. The number of hydrogen-bond donors (Lipinski definition) is 3. The predicted molar refractivity (Wildman–Crippen MR) is 145 cm³/mol. The number of hydrogen-bond acceptors (Lipinski definition) is 4. The average Bonchev–Trinajstić information content (AvgIpc) is 2.94. The van der Waals surface area contributed by atoms with E-state index in [-0.39, 0.29) is 36.7 Å². The maximum absolute atomic E-state index is 12.7. The Balaban J connectivity index is 0.00000420. The third-order valence-corrected chi connectivity index (χ3v) is 5.75. The van der Waals surface area contributed by atoms with E-state index in [0.717, 1.165) is 12.0 Å². The Morgan fingerprint density at radius 1 is 0.769 bits per heavy atom.